The van der Waals surface area contributed by atoms with Crippen molar-refractivity contribution >= 4 is 43.6 Å². The largest absolute Gasteiger partial charge is 0.309 e. The van der Waals surface area contributed by atoms with Crippen LogP contribution in [0.2, 0.25) is 0 Å². The van der Waals surface area contributed by atoms with Crippen LogP contribution in [0.4, 0.5) is 0 Å². The van der Waals surface area contributed by atoms with E-state index in [0.717, 1.165) is 72.4 Å². The maximum Gasteiger partial charge on any atom is 0.164 e. The van der Waals surface area contributed by atoms with Gasteiger partial charge in [0.1, 0.15) is 0 Å². The Bertz CT molecular complexity index is 4990. The van der Waals surface area contributed by atoms with Gasteiger partial charge in [-0.25, -0.2) is 15.0 Å². The molecule has 0 amide bonds. The molecule has 0 saturated carbocycles. The summed E-state index contributed by atoms with van der Waals surface area (Å²) in [5.41, 5.74) is 23.7. The zero-order chi connectivity index (χ0) is 55.0. The molecular formula is C76H52N6. The second-order valence-corrected chi connectivity index (χ2v) is 23.0. The highest BCUT2D eigenvalue weighted by Gasteiger charge is 2.40. The third-order valence-electron chi connectivity index (χ3n) is 17.8. The fraction of sp³-hybridized carbons (Fsp3) is 0.0789. The summed E-state index contributed by atoms with van der Waals surface area (Å²) >= 11 is 0. The Morgan fingerprint density at radius 3 is 1.34 bits per heavy atom. The van der Waals surface area contributed by atoms with Crippen molar-refractivity contribution in [1.29, 1.82) is 5.26 Å². The molecule has 0 unspecified atom stereocenters. The molecule has 0 fully saturated rings. The fourth-order valence-corrected chi connectivity index (χ4v) is 14.1. The average molecular weight is 1050 g/mol. The topological polar surface area (TPSA) is 72.3 Å². The van der Waals surface area contributed by atoms with Crippen LogP contribution in [0.5, 0.6) is 0 Å². The quantitative estimate of drug-likeness (QED) is 0.159. The highest BCUT2D eigenvalue weighted by molar-refractivity contribution is 6.17. The third-order valence-corrected chi connectivity index (χ3v) is 17.8. The standard InChI is InChI=1S/C76H52N6/c1-75(2)60-30-15-11-26-52(60)55-37-40-65-68(70(55)75)57-28-13-17-32-62(57)81(65)64-39-35-51(74-79-72(47-21-7-5-8-22-47)78-73(80-74)48-23-9-6-10-24-48)43-59(64)54-36-34-50(49-25-19-20-46(42-49)45-77)44-67(54)82-63-33-18-14-29-58(63)69-66(82)41-38-56-53-27-12-16-31-61(53)76(3,4)71(56)69/h5-44H,1-4H3. The van der Waals surface area contributed by atoms with E-state index < -0.39 is 0 Å². The van der Waals surface area contributed by atoms with Gasteiger partial charge in [0.25, 0.3) is 0 Å². The number of nitriles is 1. The Balaban J connectivity index is 1.03. The molecule has 0 N–H and O–H groups in total. The summed E-state index contributed by atoms with van der Waals surface area (Å²) in [6.07, 6.45) is 0. The highest BCUT2D eigenvalue weighted by atomic mass is 15.0. The maximum absolute atomic E-state index is 10.2. The summed E-state index contributed by atoms with van der Waals surface area (Å²) in [5, 5.41) is 15.1. The summed E-state index contributed by atoms with van der Waals surface area (Å²) in [5.74, 6) is 1.77. The number of benzene rings is 11. The molecule has 6 nitrogen and oxygen atoms in total. The Morgan fingerprint density at radius 2 is 0.780 bits per heavy atom. The molecule has 0 aliphatic heterocycles. The van der Waals surface area contributed by atoms with Crippen molar-refractivity contribution in [2.24, 2.45) is 0 Å². The fourth-order valence-electron chi connectivity index (χ4n) is 14.1. The molecule has 82 heavy (non-hydrogen) atoms. The van der Waals surface area contributed by atoms with Crippen molar-refractivity contribution in [2.75, 3.05) is 0 Å². The van der Waals surface area contributed by atoms with Gasteiger partial charge < -0.3 is 9.13 Å². The van der Waals surface area contributed by atoms with E-state index in [2.05, 4.69) is 231 Å². The lowest BCUT2D eigenvalue weighted by molar-refractivity contribution is 0.666. The van der Waals surface area contributed by atoms with Gasteiger partial charge in [0.15, 0.2) is 17.5 Å². The van der Waals surface area contributed by atoms with E-state index in [1.54, 1.807) is 0 Å². The van der Waals surface area contributed by atoms with Gasteiger partial charge in [0.05, 0.1) is 45.1 Å². The predicted octanol–water partition coefficient (Wildman–Crippen LogP) is 18.9. The summed E-state index contributed by atoms with van der Waals surface area (Å²) in [6.45, 7) is 9.52. The van der Waals surface area contributed by atoms with Gasteiger partial charge in [-0.2, -0.15) is 5.26 Å². The van der Waals surface area contributed by atoms with Crippen molar-refractivity contribution in [1.82, 2.24) is 24.1 Å². The van der Waals surface area contributed by atoms with Crippen molar-refractivity contribution in [3.8, 4) is 96.1 Å². The van der Waals surface area contributed by atoms with Crippen molar-refractivity contribution in [3.05, 3.63) is 270 Å². The third kappa shape index (κ3) is 6.90. The Morgan fingerprint density at radius 1 is 0.329 bits per heavy atom. The van der Waals surface area contributed by atoms with Crippen LogP contribution in [0.3, 0.4) is 0 Å². The number of para-hydroxylation sites is 2. The Labute approximate surface area is 475 Å². The van der Waals surface area contributed by atoms with E-state index in [1.807, 2.05) is 54.6 Å². The normalized spacial score (nSPS) is 13.5. The van der Waals surface area contributed by atoms with Crippen LogP contribution in [-0.4, -0.2) is 24.1 Å². The van der Waals surface area contributed by atoms with Gasteiger partial charge in [0, 0.05) is 60.2 Å². The van der Waals surface area contributed by atoms with Crippen LogP contribution in [0.1, 0.15) is 55.5 Å². The zero-order valence-corrected chi connectivity index (χ0v) is 45.8. The first-order valence-corrected chi connectivity index (χ1v) is 28.2. The summed E-state index contributed by atoms with van der Waals surface area (Å²) in [6, 6.07) is 89.4. The van der Waals surface area contributed by atoms with Gasteiger partial charge in [-0.1, -0.05) is 210 Å². The molecule has 386 valence electrons. The Hall–Kier alpha value is -10.5. The van der Waals surface area contributed by atoms with E-state index in [9.17, 15) is 5.26 Å². The molecule has 0 atom stereocenters. The smallest absolute Gasteiger partial charge is 0.164 e. The molecule has 2 aliphatic rings. The van der Waals surface area contributed by atoms with Crippen molar-refractivity contribution in [3.63, 3.8) is 0 Å². The van der Waals surface area contributed by atoms with E-state index in [0.29, 0.717) is 23.0 Å². The van der Waals surface area contributed by atoms with Crippen LogP contribution < -0.4 is 0 Å². The molecule has 14 aromatic rings. The van der Waals surface area contributed by atoms with E-state index >= 15 is 0 Å². The highest BCUT2D eigenvalue weighted by Crippen LogP contribution is 2.56. The van der Waals surface area contributed by atoms with Crippen LogP contribution in [0, 0.1) is 11.3 Å². The number of rotatable bonds is 7. The molecule has 0 bridgehead atoms. The molecule has 2 aliphatic carbocycles. The number of nitrogens with zero attached hydrogens (tertiary/aromatic N) is 6. The lowest BCUT2D eigenvalue weighted by atomic mass is 9.80. The average Bonchev–Trinajstić information content (AvgIpc) is 4.04. The SMILES string of the molecule is CC1(C)c2ccccc2-c2ccc3c(c21)c1ccccc1n3-c1ccc(-c2nc(-c3ccccc3)nc(-c3ccccc3)n2)cc1-c1ccc(-c2cccc(C#N)c2)cc1-n1c2ccccc2c2c3c(ccc21)-c1ccccc1C3(C)C. The molecule has 0 radical (unpaired) electrons. The summed E-state index contributed by atoms with van der Waals surface area (Å²) in [7, 11) is 0. The number of fused-ring (bicyclic) bond motifs is 14. The van der Waals surface area contributed by atoms with E-state index in [-0.39, 0.29) is 10.8 Å². The molecule has 16 rings (SSSR count). The Kier molecular flexibility index (Phi) is 10.3. The van der Waals surface area contributed by atoms with Crippen LogP contribution in [0.15, 0.2) is 243 Å². The molecule has 0 spiro atoms. The lowest BCUT2D eigenvalue weighted by Crippen LogP contribution is -2.15. The maximum atomic E-state index is 10.2. The van der Waals surface area contributed by atoms with Crippen LogP contribution in [0.25, 0.3) is 134 Å². The number of aromatic nitrogens is 5. The minimum Gasteiger partial charge on any atom is -0.309 e. The summed E-state index contributed by atoms with van der Waals surface area (Å²) in [4.78, 5) is 15.8. The minimum atomic E-state index is -0.265. The minimum absolute atomic E-state index is 0.253. The first-order chi connectivity index (χ1) is 40.2. The van der Waals surface area contributed by atoms with Gasteiger partial charge >= 0.3 is 0 Å². The second-order valence-electron chi connectivity index (χ2n) is 23.0. The van der Waals surface area contributed by atoms with Crippen molar-refractivity contribution in [2.45, 2.75) is 38.5 Å². The van der Waals surface area contributed by atoms with Gasteiger partial charge in [-0.15, -0.1) is 0 Å². The molecule has 3 aromatic heterocycles. The van der Waals surface area contributed by atoms with Crippen molar-refractivity contribution < 1.29 is 0 Å². The van der Waals surface area contributed by atoms with Gasteiger partial charge in [0.2, 0.25) is 0 Å². The molecule has 11 aromatic carbocycles. The monoisotopic (exact) mass is 1050 g/mol. The molecular weight excluding hydrogens is 997 g/mol. The zero-order valence-electron chi connectivity index (χ0n) is 45.8. The van der Waals surface area contributed by atoms with Gasteiger partial charge in [-0.05, 0) is 116 Å². The molecule has 6 heteroatoms. The van der Waals surface area contributed by atoms with E-state index in [4.69, 9.17) is 15.0 Å². The summed E-state index contributed by atoms with van der Waals surface area (Å²) < 4.78 is 4.99. The first-order valence-electron chi connectivity index (χ1n) is 28.2. The van der Waals surface area contributed by atoms with E-state index in [1.165, 1.54) is 66.1 Å². The van der Waals surface area contributed by atoms with Crippen LogP contribution in [-0.2, 0) is 10.8 Å². The second kappa shape index (κ2) is 17.8. The molecule has 0 saturated heterocycles. The van der Waals surface area contributed by atoms with Crippen LogP contribution >= 0.6 is 0 Å². The van der Waals surface area contributed by atoms with Gasteiger partial charge in [-0.3, -0.25) is 0 Å². The predicted molar refractivity (Wildman–Crippen MR) is 336 cm³/mol. The number of hydrogen-bond acceptors (Lipinski definition) is 4. The number of hydrogen-bond donors (Lipinski definition) is 0. The first kappa shape index (κ1) is 47.5. The molecule has 3 heterocycles. The lowest BCUT2D eigenvalue weighted by Gasteiger charge is -2.23.